The van der Waals surface area contributed by atoms with Gasteiger partial charge in [-0.15, -0.1) is 11.8 Å². The molecule has 0 bridgehead atoms. The fraction of sp³-hybridized carbons (Fsp3) is 0.105. The SMILES string of the molecule is Cc1cc(SCc2n[nH]c(=S)n2-c2ccccc2)c2ccccc2n1. The van der Waals surface area contributed by atoms with Crippen LogP contribution in [0.25, 0.3) is 16.6 Å². The molecule has 0 aliphatic rings. The Morgan fingerprint density at radius 2 is 1.84 bits per heavy atom. The van der Waals surface area contributed by atoms with Gasteiger partial charge in [-0.25, -0.2) is 0 Å². The average molecular weight is 364 g/mol. The molecular formula is C19H16N4S2. The molecular weight excluding hydrogens is 348 g/mol. The van der Waals surface area contributed by atoms with Crippen molar-refractivity contribution >= 4 is 34.9 Å². The minimum atomic E-state index is 0.609. The van der Waals surface area contributed by atoms with E-state index >= 15 is 0 Å². The Bertz CT molecular complexity index is 1080. The summed E-state index contributed by atoms with van der Waals surface area (Å²) in [5.74, 6) is 1.62. The molecule has 0 atom stereocenters. The van der Waals surface area contributed by atoms with Crippen molar-refractivity contribution in [1.82, 2.24) is 19.7 Å². The van der Waals surface area contributed by atoms with E-state index in [0.29, 0.717) is 4.77 Å². The number of aromatic nitrogens is 4. The summed E-state index contributed by atoms with van der Waals surface area (Å²) in [6, 6.07) is 20.4. The minimum Gasteiger partial charge on any atom is -0.271 e. The number of hydrogen-bond acceptors (Lipinski definition) is 4. The maximum Gasteiger partial charge on any atom is 0.199 e. The number of hydrogen-bond donors (Lipinski definition) is 1. The van der Waals surface area contributed by atoms with Crippen LogP contribution < -0.4 is 0 Å². The Morgan fingerprint density at radius 3 is 2.68 bits per heavy atom. The topological polar surface area (TPSA) is 46.5 Å². The van der Waals surface area contributed by atoms with E-state index < -0.39 is 0 Å². The number of nitrogens with zero attached hydrogens (tertiary/aromatic N) is 3. The van der Waals surface area contributed by atoms with Gasteiger partial charge in [0.25, 0.3) is 0 Å². The van der Waals surface area contributed by atoms with Gasteiger partial charge >= 0.3 is 0 Å². The highest BCUT2D eigenvalue weighted by Crippen LogP contribution is 2.30. The van der Waals surface area contributed by atoms with Crippen LogP contribution in [0.4, 0.5) is 0 Å². The highest BCUT2D eigenvalue weighted by molar-refractivity contribution is 7.98. The Labute approximate surface area is 154 Å². The number of rotatable bonds is 4. The quantitative estimate of drug-likeness (QED) is 0.405. The van der Waals surface area contributed by atoms with Crippen LogP contribution >= 0.6 is 24.0 Å². The molecule has 25 heavy (non-hydrogen) atoms. The van der Waals surface area contributed by atoms with Gasteiger partial charge in [0.2, 0.25) is 0 Å². The van der Waals surface area contributed by atoms with E-state index in [1.165, 1.54) is 10.3 Å². The molecule has 0 aliphatic carbocycles. The number of aromatic amines is 1. The number of benzene rings is 2. The van der Waals surface area contributed by atoms with Gasteiger partial charge in [0.15, 0.2) is 4.77 Å². The van der Waals surface area contributed by atoms with Crippen LogP contribution in [-0.2, 0) is 5.75 Å². The summed E-state index contributed by atoms with van der Waals surface area (Å²) < 4.78 is 2.59. The van der Waals surface area contributed by atoms with Crippen molar-refractivity contribution in [3.8, 4) is 5.69 Å². The van der Waals surface area contributed by atoms with Gasteiger partial charge in [-0.05, 0) is 43.4 Å². The zero-order chi connectivity index (χ0) is 17.2. The van der Waals surface area contributed by atoms with Crippen LogP contribution in [0.2, 0.25) is 0 Å². The molecule has 4 aromatic rings. The van der Waals surface area contributed by atoms with Gasteiger partial charge in [-0.1, -0.05) is 36.4 Å². The monoisotopic (exact) mass is 364 g/mol. The van der Waals surface area contributed by atoms with Gasteiger partial charge in [0, 0.05) is 21.7 Å². The third-order valence-corrected chi connectivity index (χ3v) is 5.24. The molecule has 6 heteroatoms. The van der Waals surface area contributed by atoms with Gasteiger partial charge in [0.05, 0.1) is 11.3 Å². The second-order valence-corrected chi connectivity index (χ2v) is 7.09. The van der Waals surface area contributed by atoms with E-state index in [-0.39, 0.29) is 0 Å². The lowest BCUT2D eigenvalue weighted by Crippen LogP contribution is -2.00. The Balaban J connectivity index is 1.69. The summed E-state index contributed by atoms with van der Waals surface area (Å²) in [5, 5.41) is 8.49. The molecule has 0 spiro atoms. The van der Waals surface area contributed by atoms with E-state index in [2.05, 4.69) is 27.3 Å². The third-order valence-electron chi connectivity index (χ3n) is 3.92. The van der Waals surface area contributed by atoms with Crippen LogP contribution in [0.3, 0.4) is 0 Å². The Morgan fingerprint density at radius 1 is 1.08 bits per heavy atom. The van der Waals surface area contributed by atoms with Gasteiger partial charge in [0.1, 0.15) is 5.82 Å². The molecule has 0 unspecified atom stereocenters. The second kappa shape index (κ2) is 6.82. The average Bonchev–Trinajstić information content (AvgIpc) is 3.01. The summed E-state index contributed by atoms with van der Waals surface area (Å²) in [5.41, 5.74) is 3.06. The van der Waals surface area contributed by atoms with Crippen molar-refractivity contribution in [1.29, 1.82) is 0 Å². The number of nitrogens with one attached hydrogen (secondary N) is 1. The van der Waals surface area contributed by atoms with Crippen molar-refractivity contribution in [2.45, 2.75) is 17.6 Å². The summed E-state index contributed by atoms with van der Waals surface area (Å²) >= 11 is 7.16. The maximum atomic E-state index is 5.41. The van der Waals surface area contributed by atoms with Crippen LogP contribution in [-0.4, -0.2) is 19.7 Å². The maximum absolute atomic E-state index is 5.41. The van der Waals surface area contributed by atoms with Crippen LogP contribution in [0, 0.1) is 11.7 Å². The number of fused-ring (bicyclic) bond motifs is 1. The summed E-state index contributed by atoms with van der Waals surface area (Å²) in [6.07, 6.45) is 0. The van der Waals surface area contributed by atoms with Crippen molar-refractivity contribution in [2.24, 2.45) is 0 Å². The number of aryl methyl sites for hydroxylation is 1. The lowest BCUT2D eigenvalue weighted by molar-refractivity contribution is 0.949. The molecule has 2 aromatic heterocycles. The molecule has 2 heterocycles. The largest absolute Gasteiger partial charge is 0.271 e. The van der Waals surface area contributed by atoms with Crippen molar-refractivity contribution in [2.75, 3.05) is 0 Å². The molecule has 0 saturated heterocycles. The standard InChI is InChI=1S/C19H16N4S2/c1-13-11-17(15-9-5-6-10-16(15)20-13)25-12-18-21-22-19(24)23(18)14-7-3-2-4-8-14/h2-11H,12H2,1H3,(H,22,24). The molecule has 0 amide bonds. The van der Waals surface area contributed by atoms with E-state index in [1.54, 1.807) is 11.8 Å². The first-order valence-corrected chi connectivity index (χ1v) is 9.32. The first kappa shape index (κ1) is 16.1. The Hall–Kier alpha value is -2.44. The fourth-order valence-electron chi connectivity index (χ4n) is 2.80. The van der Waals surface area contributed by atoms with Crippen LogP contribution in [0.5, 0.6) is 0 Å². The molecule has 4 nitrogen and oxygen atoms in total. The van der Waals surface area contributed by atoms with Gasteiger partial charge < -0.3 is 0 Å². The van der Waals surface area contributed by atoms with E-state index in [0.717, 1.165) is 28.5 Å². The van der Waals surface area contributed by atoms with E-state index in [4.69, 9.17) is 12.2 Å². The summed E-state index contributed by atoms with van der Waals surface area (Å²) in [4.78, 5) is 5.81. The van der Waals surface area contributed by atoms with E-state index in [9.17, 15) is 0 Å². The first-order valence-electron chi connectivity index (χ1n) is 7.93. The van der Waals surface area contributed by atoms with Crippen molar-refractivity contribution in [3.63, 3.8) is 0 Å². The molecule has 0 radical (unpaired) electrons. The summed E-state index contributed by atoms with van der Waals surface area (Å²) in [6.45, 7) is 2.02. The lowest BCUT2D eigenvalue weighted by atomic mass is 10.2. The van der Waals surface area contributed by atoms with E-state index in [1.807, 2.05) is 60.0 Å². The highest BCUT2D eigenvalue weighted by Gasteiger charge is 2.11. The number of para-hydroxylation sites is 2. The predicted molar refractivity (Wildman–Crippen MR) is 105 cm³/mol. The first-order chi connectivity index (χ1) is 12.2. The lowest BCUT2D eigenvalue weighted by Gasteiger charge is -2.09. The molecule has 1 N–H and O–H groups in total. The third kappa shape index (κ3) is 3.23. The Kier molecular flexibility index (Phi) is 4.38. The zero-order valence-electron chi connectivity index (χ0n) is 13.6. The number of pyridine rings is 1. The predicted octanol–water partition coefficient (Wildman–Crippen LogP) is 5.08. The smallest absolute Gasteiger partial charge is 0.199 e. The molecule has 2 aromatic carbocycles. The second-order valence-electron chi connectivity index (χ2n) is 5.68. The molecule has 0 aliphatic heterocycles. The number of H-pyrrole nitrogens is 1. The van der Waals surface area contributed by atoms with Crippen LogP contribution in [0.15, 0.2) is 65.6 Å². The molecule has 124 valence electrons. The molecule has 0 saturated carbocycles. The van der Waals surface area contributed by atoms with Crippen molar-refractivity contribution < 1.29 is 0 Å². The normalized spacial score (nSPS) is 11.1. The van der Waals surface area contributed by atoms with Gasteiger partial charge in [-0.3, -0.25) is 14.6 Å². The minimum absolute atomic E-state index is 0.609. The van der Waals surface area contributed by atoms with Gasteiger partial charge in [-0.2, -0.15) is 5.10 Å². The fourth-order valence-corrected chi connectivity index (χ4v) is 4.12. The summed E-state index contributed by atoms with van der Waals surface area (Å²) in [7, 11) is 0. The highest BCUT2D eigenvalue weighted by atomic mass is 32.2. The zero-order valence-corrected chi connectivity index (χ0v) is 15.3. The van der Waals surface area contributed by atoms with Crippen LogP contribution in [0.1, 0.15) is 11.5 Å². The molecule has 4 rings (SSSR count). The van der Waals surface area contributed by atoms with Crippen molar-refractivity contribution in [3.05, 3.63) is 77.0 Å². The number of thioether (sulfide) groups is 1. The molecule has 0 fully saturated rings.